The molecule has 1 saturated carbocycles. The van der Waals surface area contributed by atoms with Crippen molar-refractivity contribution in [2.75, 3.05) is 27.7 Å². The molecule has 1 fully saturated rings. The highest BCUT2D eigenvalue weighted by Gasteiger charge is 2.18. The Morgan fingerprint density at radius 3 is 2.59 bits per heavy atom. The van der Waals surface area contributed by atoms with Gasteiger partial charge in [0.05, 0.1) is 13.2 Å². The average Bonchev–Trinajstić information content (AvgIpc) is 3.34. The topological polar surface area (TPSA) is 84.0 Å². The predicted molar refractivity (Wildman–Crippen MR) is 128 cm³/mol. The second kappa shape index (κ2) is 12.0. The number of amides is 1. The molecule has 0 atom stereocenters. The van der Waals surface area contributed by atoms with E-state index >= 15 is 0 Å². The predicted octanol–water partition coefficient (Wildman–Crippen LogP) is 3.28. The Morgan fingerprint density at radius 1 is 1.06 bits per heavy atom. The molecule has 0 radical (unpaired) electrons. The molecule has 0 saturated heterocycles. The summed E-state index contributed by atoms with van der Waals surface area (Å²) >= 11 is 0. The third-order valence-electron chi connectivity index (χ3n) is 5.63. The lowest BCUT2D eigenvalue weighted by Crippen LogP contribution is -2.37. The molecule has 0 bridgehead atoms. The van der Waals surface area contributed by atoms with Crippen LogP contribution in [0.2, 0.25) is 0 Å². The van der Waals surface area contributed by atoms with Crippen LogP contribution in [0.5, 0.6) is 11.5 Å². The highest BCUT2D eigenvalue weighted by atomic mass is 16.5. The molecule has 0 aliphatic heterocycles. The van der Waals surface area contributed by atoms with Gasteiger partial charge in [-0.25, -0.2) is 0 Å². The molecule has 7 nitrogen and oxygen atoms in total. The first-order valence-electron chi connectivity index (χ1n) is 11.2. The molecule has 0 spiro atoms. The maximum absolute atomic E-state index is 11.8. The van der Waals surface area contributed by atoms with Gasteiger partial charge in [-0.05, 0) is 67.5 Å². The van der Waals surface area contributed by atoms with Crippen molar-refractivity contribution >= 4 is 11.9 Å². The highest BCUT2D eigenvalue weighted by Crippen LogP contribution is 2.32. The summed E-state index contributed by atoms with van der Waals surface area (Å²) in [5, 5.41) is 9.31. The summed E-state index contributed by atoms with van der Waals surface area (Å²) in [6, 6.07) is 13.7. The van der Waals surface area contributed by atoms with E-state index in [9.17, 15) is 4.79 Å². The smallest absolute Gasteiger partial charge is 0.251 e. The lowest BCUT2D eigenvalue weighted by atomic mass is 10.1. The molecular weight excluding hydrogens is 404 g/mol. The lowest BCUT2D eigenvalue weighted by molar-refractivity contribution is 0.0963. The number of nitrogens with zero attached hydrogens (tertiary/aromatic N) is 1. The van der Waals surface area contributed by atoms with E-state index in [1.807, 2.05) is 36.4 Å². The van der Waals surface area contributed by atoms with Crippen molar-refractivity contribution < 1.29 is 14.3 Å². The number of carbonyl (C=O) groups excluding carboxylic acids is 1. The van der Waals surface area contributed by atoms with E-state index in [0.29, 0.717) is 24.8 Å². The maximum Gasteiger partial charge on any atom is 0.251 e. The molecular formula is C25H34N4O3. The quantitative estimate of drug-likeness (QED) is 0.413. The normalized spacial score (nSPS) is 14.2. The van der Waals surface area contributed by atoms with E-state index in [1.165, 1.54) is 12.8 Å². The number of ether oxygens (including phenoxy) is 2. The molecule has 2 aromatic rings. The minimum absolute atomic E-state index is 0.0765. The number of hydrogen-bond donors (Lipinski definition) is 3. The number of hydrogen-bond acceptors (Lipinski definition) is 4. The monoisotopic (exact) mass is 438 g/mol. The van der Waals surface area contributed by atoms with Crippen molar-refractivity contribution in [1.29, 1.82) is 0 Å². The summed E-state index contributed by atoms with van der Waals surface area (Å²) in [6.45, 7) is 1.32. The fraction of sp³-hybridized carbons (Fsp3) is 0.440. The number of methoxy groups -OCH3 is 1. The Morgan fingerprint density at radius 2 is 1.88 bits per heavy atom. The van der Waals surface area contributed by atoms with Crippen molar-refractivity contribution in [3.8, 4) is 11.5 Å². The number of nitrogens with one attached hydrogen (secondary N) is 3. The molecule has 2 aromatic carbocycles. The Labute approximate surface area is 190 Å². The van der Waals surface area contributed by atoms with Crippen LogP contribution in [0.4, 0.5) is 0 Å². The molecule has 1 amide bonds. The summed E-state index contributed by atoms with van der Waals surface area (Å²) in [5.74, 6) is 2.21. The molecule has 3 N–H and O–H groups in total. The van der Waals surface area contributed by atoms with Crippen molar-refractivity contribution in [1.82, 2.24) is 16.0 Å². The number of aliphatic imine (C=N–C) groups is 1. The number of rotatable bonds is 9. The Bertz CT molecular complexity index is 923. The molecule has 0 aromatic heterocycles. The second-order valence-electron chi connectivity index (χ2n) is 7.89. The highest BCUT2D eigenvalue weighted by molar-refractivity contribution is 5.94. The number of carbonyl (C=O) groups is 1. The van der Waals surface area contributed by atoms with E-state index in [1.54, 1.807) is 21.2 Å². The van der Waals surface area contributed by atoms with E-state index in [0.717, 1.165) is 47.8 Å². The van der Waals surface area contributed by atoms with Gasteiger partial charge in [0.2, 0.25) is 0 Å². The van der Waals surface area contributed by atoms with Gasteiger partial charge in [-0.15, -0.1) is 0 Å². The molecule has 0 unspecified atom stereocenters. The minimum atomic E-state index is -0.0765. The van der Waals surface area contributed by atoms with Crippen LogP contribution in [0.15, 0.2) is 47.5 Å². The summed E-state index contributed by atoms with van der Waals surface area (Å²) in [7, 11) is 5.06. The fourth-order valence-corrected chi connectivity index (χ4v) is 3.85. The minimum Gasteiger partial charge on any atom is -0.493 e. The molecule has 0 heterocycles. The summed E-state index contributed by atoms with van der Waals surface area (Å²) in [6.07, 6.45) is 5.79. The lowest BCUT2D eigenvalue weighted by Gasteiger charge is -2.17. The van der Waals surface area contributed by atoms with Gasteiger partial charge >= 0.3 is 0 Å². The zero-order valence-corrected chi connectivity index (χ0v) is 19.2. The van der Waals surface area contributed by atoms with Crippen molar-refractivity contribution in [3.63, 3.8) is 0 Å². The standard InChI is InChI=1S/C25H34N4O3/c1-26-24(30)20-8-6-7-18(15-20)13-14-28-25(27-2)29-17-19-11-12-22(23(16-19)31-3)32-21-9-4-5-10-21/h6-8,11-12,15-16,21H,4-5,9-10,13-14,17H2,1-3H3,(H,26,30)(H2,27,28,29). The van der Waals surface area contributed by atoms with Gasteiger partial charge in [0, 0.05) is 32.7 Å². The summed E-state index contributed by atoms with van der Waals surface area (Å²) in [5.41, 5.74) is 2.85. The molecule has 32 heavy (non-hydrogen) atoms. The van der Waals surface area contributed by atoms with Crippen LogP contribution in [0.25, 0.3) is 0 Å². The largest absolute Gasteiger partial charge is 0.493 e. The van der Waals surface area contributed by atoms with E-state index < -0.39 is 0 Å². The Kier molecular flexibility index (Phi) is 8.78. The fourth-order valence-electron chi connectivity index (χ4n) is 3.85. The first kappa shape index (κ1) is 23.4. The van der Waals surface area contributed by atoms with Gasteiger partial charge in [-0.3, -0.25) is 9.79 Å². The van der Waals surface area contributed by atoms with Gasteiger partial charge in [-0.2, -0.15) is 0 Å². The maximum atomic E-state index is 11.8. The third-order valence-corrected chi connectivity index (χ3v) is 5.63. The van der Waals surface area contributed by atoms with Gasteiger partial charge in [0.15, 0.2) is 17.5 Å². The van der Waals surface area contributed by atoms with Crippen LogP contribution in [0.3, 0.4) is 0 Å². The molecule has 172 valence electrons. The molecule has 7 heteroatoms. The van der Waals surface area contributed by atoms with Gasteiger partial charge < -0.3 is 25.4 Å². The second-order valence-corrected chi connectivity index (χ2v) is 7.89. The Hall–Kier alpha value is -3.22. The molecule has 3 rings (SSSR count). The SMILES string of the molecule is CN=C(NCCc1cccc(C(=O)NC)c1)NCc1ccc(OC2CCCC2)c(OC)c1. The third kappa shape index (κ3) is 6.64. The van der Waals surface area contributed by atoms with Crippen molar-refractivity contribution in [2.24, 2.45) is 4.99 Å². The zero-order valence-electron chi connectivity index (χ0n) is 19.2. The van der Waals surface area contributed by atoms with Crippen LogP contribution in [-0.4, -0.2) is 45.7 Å². The van der Waals surface area contributed by atoms with Crippen molar-refractivity contribution in [3.05, 3.63) is 59.2 Å². The zero-order chi connectivity index (χ0) is 22.8. The van der Waals surface area contributed by atoms with Crippen LogP contribution in [0, 0.1) is 0 Å². The molecule has 1 aliphatic carbocycles. The van der Waals surface area contributed by atoms with E-state index in [2.05, 4.69) is 27.0 Å². The van der Waals surface area contributed by atoms with E-state index in [4.69, 9.17) is 9.47 Å². The molecule has 1 aliphatic rings. The van der Waals surface area contributed by atoms with Crippen LogP contribution < -0.4 is 25.4 Å². The van der Waals surface area contributed by atoms with Crippen LogP contribution in [-0.2, 0) is 13.0 Å². The number of guanidine groups is 1. The average molecular weight is 439 g/mol. The summed E-state index contributed by atoms with van der Waals surface area (Å²) in [4.78, 5) is 16.1. The van der Waals surface area contributed by atoms with Crippen LogP contribution in [0.1, 0.15) is 47.2 Å². The number of benzene rings is 2. The van der Waals surface area contributed by atoms with Gasteiger partial charge in [0.25, 0.3) is 5.91 Å². The van der Waals surface area contributed by atoms with Gasteiger partial charge in [0.1, 0.15) is 0 Å². The van der Waals surface area contributed by atoms with E-state index in [-0.39, 0.29) is 5.91 Å². The first-order valence-corrected chi connectivity index (χ1v) is 11.2. The summed E-state index contributed by atoms with van der Waals surface area (Å²) < 4.78 is 11.7. The Balaban J connectivity index is 1.49. The first-order chi connectivity index (χ1) is 15.6. The van der Waals surface area contributed by atoms with Crippen molar-refractivity contribution in [2.45, 2.75) is 44.8 Å². The van der Waals surface area contributed by atoms with Crippen LogP contribution >= 0.6 is 0 Å². The van der Waals surface area contributed by atoms with Gasteiger partial charge in [-0.1, -0.05) is 18.2 Å².